The highest BCUT2D eigenvalue weighted by Crippen LogP contribution is 2.10. The average Bonchev–Trinajstić information content (AvgIpc) is 1.91. The number of carbonyl (C=O) groups excluding carboxylic acids is 1. The molecule has 0 unspecified atom stereocenters. The Morgan fingerprint density at radius 2 is 2.67 bits per heavy atom. The zero-order chi connectivity index (χ0) is 6.53. The third kappa shape index (κ3) is 2.34. The van der Waals surface area contributed by atoms with Crippen molar-refractivity contribution in [3.05, 3.63) is 6.54 Å². The lowest BCUT2D eigenvalue weighted by atomic mass is 10.5. The quantitative estimate of drug-likeness (QED) is 0.414. The second-order valence-electron chi connectivity index (χ2n) is 1.60. The normalized spacial score (nSPS) is 21.8. The second-order valence-corrected chi connectivity index (χ2v) is 2.47. The van der Waals surface area contributed by atoms with Crippen LogP contribution in [0.5, 0.6) is 0 Å². The van der Waals surface area contributed by atoms with E-state index in [4.69, 9.17) is 4.74 Å². The van der Waals surface area contributed by atoms with Gasteiger partial charge in [0, 0.05) is 6.54 Å². The Morgan fingerprint density at radius 3 is 3.22 bits per heavy atom. The van der Waals surface area contributed by atoms with Crippen LogP contribution in [0.25, 0.3) is 0 Å². The van der Waals surface area contributed by atoms with E-state index in [2.05, 4.69) is 0 Å². The predicted molar refractivity (Wildman–Crippen MR) is 36.2 cm³/mol. The highest BCUT2D eigenvalue weighted by atomic mass is 32.2. The topological polar surface area (TPSA) is 29.5 Å². The molecule has 0 spiro atoms. The fraction of sp³-hybridized carbons (Fsp3) is 0.600. The Labute approximate surface area is 58.5 Å². The highest BCUT2D eigenvalue weighted by Gasteiger charge is 2.09. The third-order valence-corrected chi connectivity index (χ3v) is 1.72. The molecule has 1 aliphatic heterocycles. The minimum atomic E-state index is 0.626. The molecule has 1 heterocycles. The fourth-order valence-electron chi connectivity index (χ4n) is 0.616. The maximum Gasteiger partial charge on any atom is 0.191 e. The first-order valence-electron chi connectivity index (χ1n) is 2.71. The molecule has 9 heavy (non-hydrogen) atoms. The first-order valence-corrected chi connectivity index (χ1v) is 3.55. The number of ether oxygens (including phenoxy) is 1. The summed E-state index contributed by atoms with van der Waals surface area (Å²) in [5, 5.41) is 0. The molecular weight excluding hydrogens is 138 g/mol. The molecule has 1 fully saturated rings. The Balaban J connectivity index is 2.15. The number of nitrogens with zero attached hydrogens (tertiary/aromatic N) is 1. The van der Waals surface area contributed by atoms with Crippen molar-refractivity contribution in [2.75, 3.05) is 19.8 Å². The number of hydrogen-bond donors (Lipinski definition) is 0. The van der Waals surface area contributed by atoms with Gasteiger partial charge in [-0.3, -0.25) is 4.79 Å². The van der Waals surface area contributed by atoms with Gasteiger partial charge in [-0.05, 0) is 11.9 Å². The van der Waals surface area contributed by atoms with Crippen LogP contribution in [-0.4, -0.2) is 29.7 Å². The molecule has 0 amide bonds. The van der Waals surface area contributed by atoms with Gasteiger partial charge in [0.15, 0.2) is 5.62 Å². The minimum Gasteiger partial charge on any atom is -0.378 e. The van der Waals surface area contributed by atoms with E-state index in [0.717, 1.165) is 18.8 Å². The minimum absolute atomic E-state index is 0.626. The van der Waals surface area contributed by atoms with Gasteiger partial charge in [0.1, 0.15) is 0 Å². The summed E-state index contributed by atoms with van der Waals surface area (Å²) in [5.41, 5.74) is 0.821. The molecule has 3 nitrogen and oxygen atoms in total. The molecule has 0 aromatic carbocycles. The van der Waals surface area contributed by atoms with E-state index in [0.29, 0.717) is 6.61 Å². The molecule has 0 bridgehead atoms. The van der Waals surface area contributed by atoms with E-state index >= 15 is 0 Å². The summed E-state index contributed by atoms with van der Waals surface area (Å²) in [6, 6.07) is 0. The summed E-state index contributed by atoms with van der Waals surface area (Å²) in [6.07, 6.45) is 0. The first kappa shape index (κ1) is 7.05. The van der Waals surface area contributed by atoms with Gasteiger partial charge in [-0.2, -0.15) is 0 Å². The summed E-state index contributed by atoms with van der Waals surface area (Å²) >= 11 is 1.17. The van der Waals surface area contributed by atoms with Crippen molar-refractivity contribution in [3.8, 4) is 0 Å². The van der Waals surface area contributed by atoms with Gasteiger partial charge >= 0.3 is 0 Å². The van der Waals surface area contributed by atoms with Crippen LogP contribution in [0.3, 0.4) is 0 Å². The van der Waals surface area contributed by atoms with E-state index < -0.39 is 0 Å². The Morgan fingerprint density at radius 1 is 1.78 bits per heavy atom. The summed E-state index contributed by atoms with van der Waals surface area (Å²) in [5.74, 6) is 0. The van der Waals surface area contributed by atoms with Crippen LogP contribution < -0.4 is 0 Å². The number of carbonyl (C=O) groups is 1. The summed E-state index contributed by atoms with van der Waals surface area (Å²) < 4.78 is 6.89. The molecule has 0 saturated carbocycles. The molecule has 1 rings (SSSR count). The maximum atomic E-state index is 9.93. The van der Waals surface area contributed by atoms with E-state index in [1.807, 2.05) is 10.8 Å². The van der Waals surface area contributed by atoms with E-state index in [1.165, 1.54) is 11.9 Å². The van der Waals surface area contributed by atoms with Gasteiger partial charge in [-0.25, -0.2) is 4.31 Å². The number of morpholine rings is 1. The lowest BCUT2D eigenvalue weighted by molar-refractivity contribution is 0.103. The van der Waals surface area contributed by atoms with Gasteiger partial charge in [0.25, 0.3) is 0 Å². The zero-order valence-electron chi connectivity index (χ0n) is 4.95. The van der Waals surface area contributed by atoms with Crippen molar-refractivity contribution in [2.45, 2.75) is 0 Å². The molecule has 0 aromatic heterocycles. The van der Waals surface area contributed by atoms with Crippen LogP contribution in [0, 0.1) is 6.54 Å². The SMILES string of the molecule is O=CSN1[CH]COCC1. The molecule has 0 atom stereocenters. The smallest absolute Gasteiger partial charge is 0.191 e. The van der Waals surface area contributed by atoms with E-state index in [-0.39, 0.29) is 0 Å². The number of hydrogen-bond acceptors (Lipinski definition) is 4. The van der Waals surface area contributed by atoms with Gasteiger partial charge in [-0.15, -0.1) is 0 Å². The standard InChI is InChI=1S/C5H8NO2S/c7-5-9-6-1-3-8-4-2-6/h1,5H,2-4H2. The molecule has 1 radical (unpaired) electrons. The summed E-state index contributed by atoms with van der Waals surface area (Å²) in [6.45, 7) is 4.02. The molecule has 1 saturated heterocycles. The molecule has 0 aliphatic carbocycles. The van der Waals surface area contributed by atoms with Crippen LogP contribution in [0.15, 0.2) is 0 Å². The van der Waals surface area contributed by atoms with Crippen LogP contribution in [0.2, 0.25) is 0 Å². The van der Waals surface area contributed by atoms with Crippen LogP contribution in [0.4, 0.5) is 0 Å². The molecule has 1 aliphatic rings. The molecule has 51 valence electrons. The predicted octanol–water partition coefficient (Wildman–Crippen LogP) is 0.319. The molecule has 0 N–H and O–H groups in total. The van der Waals surface area contributed by atoms with Gasteiger partial charge < -0.3 is 4.74 Å². The largest absolute Gasteiger partial charge is 0.378 e. The second kappa shape index (κ2) is 3.87. The molecule has 0 aromatic rings. The van der Waals surface area contributed by atoms with Gasteiger partial charge in [0.2, 0.25) is 0 Å². The van der Waals surface area contributed by atoms with Crippen molar-refractivity contribution in [3.63, 3.8) is 0 Å². The first-order chi connectivity index (χ1) is 4.43. The Bertz CT molecular complexity index is 93.0. The zero-order valence-corrected chi connectivity index (χ0v) is 5.76. The van der Waals surface area contributed by atoms with E-state index in [9.17, 15) is 4.79 Å². The van der Waals surface area contributed by atoms with Crippen molar-refractivity contribution in [1.29, 1.82) is 0 Å². The van der Waals surface area contributed by atoms with Gasteiger partial charge in [-0.1, -0.05) is 0 Å². The average molecular weight is 146 g/mol. The maximum absolute atomic E-state index is 9.93. The summed E-state index contributed by atoms with van der Waals surface area (Å²) in [4.78, 5) is 9.93. The van der Waals surface area contributed by atoms with Crippen molar-refractivity contribution in [2.24, 2.45) is 0 Å². The molecular formula is C5H8NO2S. The third-order valence-electron chi connectivity index (χ3n) is 1.03. The fourth-order valence-corrected chi connectivity index (χ4v) is 1.05. The van der Waals surface area contributed by atoms with Crippen molar-refractivity contribution in [1.82, 2.24) is 4.31 Å². The van der Waals surface area contributed by atoms with Crippen molar-refractivity contribution < 1.29 is 9.53 Å². The number of rotatable bonds is 2. The van der Waals surface area contributed by atoms with Crippen LogP contribution in [-0.2, 0) is 9.53 Å². The lowest BCUT2D eigenvalue weighted by Crippen LogP contribution is -2.26. The molecule has 4 heteroatoms. The monoisotopic (exact) mass is 146 g/mol. The van der Waals surface area contributed by atoms with Gasteiger partial charge in [0.05, 0.1) is 19.8 Å². The van der Waals surface area contributed by atoms with Crippen LogP contribution in [0.1, 0.15) is 0 Å². The lowest BCUT2D eigenvalue weighted by Gasteiger charge is -2.21. The Hall–Kier alpha value is -0.0600. The highest BCUT2D eigenvalue weighted by molar-refractivity contribution is 8.09. The van der Waals surface area contributed by atoms with Crippen molar-refractivity contribution >= 4 is 17.6 Å². The Kier molecular flexibility index (Phi) is 3.03. The van der Waals surface area contributed by atoms with E-state index in [1.54, 1.807) is 0 Å². The van der Waals surface area contributed by atoms with Crippen LogP contribution >= 0.6 is 11.9 Å². The summed E-state index contributed by atoms with van der Waals surface area (Å²) in [7, 11) is 0.